The third-order valence-electron chi connectivity index (χ3n) is 7.13. The van der Waals surface area contributed by atoms with Crippen LogP contribution in [0, 0.1) is 0 Å². The molecule has 37 heavy (non-hydrogen) atoms. The highest BCUT2D eigenvalue weighted by Gasteiger charge is 2.46. The first-order valence-corrected chi connectivity index (χ1v) is 12.9. The Balaban J connectivity index is 1.32. The first-order valence-electron chi connectivity index (χ1n) is 12.9. The Morgan fingerprint density at radius 2 is 1.97 bits per heavy atom. The van der Waals surface area contributed by atoms with E-state index in [0.29, 0.717) is 29.4 Å². The summed E-state index contributed by atoms with van der Waals surface area (Å²) in [5.41, 5.74) is 2.13. The molecule has 10 heteroatoms. The largest absolute Gasteiger partial charge is 0.494 e. The van der Waals surface area contributed by atoms with E-state index in [9.17, 15) is 0 Å². The second-order valence-corrected chi connectivity index (χ2v) is 11.2. The van der Waals surface area contributed by atoms with Gasteiger partial charge in [0.1, 0.15) is 35.4 Å². The van der Waals surface area contributed by atoms with Gasteiger partial charge in [0.25, 0.3) is 0 Å². The molecule has 0 aliphatic carbocycles. The molecule has 2 saturated heterocycles. The van der Waals surface area contributed by atoms with Gasteiger partial charge in [0.15, 0.2) is 0 Å². The van der Waals surface area contributed by atoms with Crippen LogP contribution in [0.25, 0.3) is 22.5 Å². The van der Waals surface area contributed by atoms with Crippen molar-refractivity contribution < 1.29 is 13.9 Å². The van der Waals surface area contributed by atoms with Crippen LogP contribution in [0.2, 0.25) is 0 Å². The number of nitrogens with one attached hydrogen (secondary N) is 2. The number of rotatable bonds is 6. The van der Waals surface area contributed by atoms with Crippen LogP contribution >= 0.6 is 0 Å². The molecule has 2 N–H and O–H groups in total. The van der Waals surface area contributed by atoms with Crippen LogP contribution in [0.5, 0.6) is 5.75 Å². The van der Waals surface area contributed by atoms with Crippen molar-refractivity contribution in [2.24, 2.45) is 0 Å². The van der Waals surface area contributed by atoms with E-state index in [1.54, 1.807) is 19.4 Å². The predicted molar refractivity (Wildman–Crippen MR) is 140 cm³/mol. The maximum atomic E-state index is 15.2. The fraction of sp³-hybridized carbons (Fsp3) is 0.556. The molecule has 3 aromatic rings. The third kappa shape index (κ3) is 5.45. The molecule has 0 saturated carbocycles. The van der Waals surface area contributed by atoms with Crippen LogP contribution in [-0.2, 0) is 4.74 Å². The summed E-state index contributed by atoms with van der Waals surface area (Å²) in [5, 5.41) is 19.8. The molecule has 2 aliphatic heterocycles. The quantitative estimate of drug-likeness (QED) is 0.490. The standard InChI is InChI=1S/C27H36FN7O2/c1-26(2)13-20(25(28)27(3,4)34-26)31-22-10-9-19(32-33-22)24-21(36-5)12-17(14-29-24)18-15-30-35(16-18)23-8-6-7-11-37-23/h9-10,12,14-16,20,23,25,34H,6-8,11,13H2,1-5H3,(H,31,33)/t20-,23?,25-/m0/s1. The number of pyridine rings is 1. The lowest BCUT2D eigenvalue weighted by atomic mass is 9.78. The van der Waals surface area contributed by atoms with Gasteiger partial charge in [-0.3, -0.25) is 0 Å². The number of methoxy groups -OCH3 is 1. The molecular formula is C27H36FN7O2. The summed E-state index contributed by atoms with van der Waals surface area (Å²) < 4.78 is 28.5. The van der Waals surface area contributed by atoms with Gasteiger partial charge in [-0.05, 0) is 71.6 Å². The monoisotopic (exact) mass is 509 g/mol. The number of alkyl halides is 1. The average molecular weight is 510 g/mol. The summed E-state index contributed by atoms with van der Waals surface area (Å²) in [4.78, 5) is 4.63. The number of hydrogen-bond acceptors (Lipinski definition) is 8. The molecule has 3 atom stereocenters. The molecule has 0 radical (unpaired) electrons. The predicted octanol–water partition coefficient (Wildman–Crippen LogP) is 4.78. The lowest BCUT2D eigenvalue weighted by Gasteiger charge is -2.48. The number of aromatic nitrogens is 5. The summed E-state index contributed by atoms with van der Waals surface area (Å²) in [6.07, 6.45) is 8.30. The zero-order valence-corrected chi connectivity index (χ0v) is 22.2. The van der Waals surface area contributed by atoms with Gasteiger partial charge in [-0.1, -0.05) is 0 Å². The maximum absolute atomic E-state index is 15.2. The Morgan fingerprint density at radius 3 is 2.68 bits per heavy atom. The fourth-order valence-electron chi connectivity index (χ4n) is 5.53. The first-order chi connectivity index (χ1) is 17.6. The summed E-state index contributed by atoms with van der Waals surface area (Å²) in [5.74, 6) is 1.11. The van der Waals surface area contributed by atoms with Crippen molar-refractivity contribution in [1.82, 2.24) is 30.3 Å². The second kappa shape index (κ2) is 9.98. The van der Waals surface area contributed by atoms with Crippen molar-refractivity contribution in [3.05, 3.63) is 36.8 Å². The number of piperidine rings is 1. The van der Waals surface area contributed by atoms with Crippen LogP contribution in [0.1, 0.15) is 59.6 Å². The normalized spacial score (nSPS) is 25.0. The van der Waals surface area contributed by atoms with Crippen molar-refractivity contribution >= 4 is 5.82 Å². The summed E-state index contributed by atoms with van der Waals surface area (Å²) in [6, 6.07) is 5.17. The van der Waals surface area contributed by atoms with E-state index < -0.39 is 11.7 Å². The SMILES string of the molecule is COc1cc(-c2cnn(C3CCCCO3)c2)cnc1-c1ccc(N[C@H]2CC(C)(C)NC(C)(C)[C@H]2F)nn1. The van der Waals surface area contributed by atoms with Crippen molar-refractivity contribution in [2.75, 3.05) is 19.0 Å². The minimum atomic E-state index is -1.08. The Bertz CT molecular complexity index is 1220. The van der Waals surface area contributed by atoms with E-state index in [-0.39, 0.29) is 17.8 Å². The topological polar surface area (TPSA) is 99.0 Å². The number of hydrogen-bond donors (Lipinski definition) is 2. The van der Waals surface area contributed by atoms with Crippen LogP contribution in [0.3, 0.4) is 0 Å². The smallest absolute Gasteiger partial charge is 0.150 e. The van der Waals surface area contributed by atoms with Gasteiger partial charge >= 0.3 is 0 Å². The molecule has 0 bridgehead atoms. The Morgan fingerprint density at radius 1 is 1.14 bits per heavy atom. The molecule has 2 fully saturated rings. The Hall–Kier alpha value is -3.11. The number of ether oxygens (including phenoxy) is 2. The number of nitrogens with zero attached hydrogens (tertiary/aromatic N) is 5. The van der Waals surface area contributed by atoms with E-state index in [2.05, 4.69) is 44.8 Å². The van der Waals surface area contributed by atoms with E-state index in [4.69, 9.17) is 9.47 Å². The molecule has 0 aromatic carbocycles. The molecule has 2 aliphatic rings. The van der Waals surface area contributed by atoms with Crippen molar-refractivity contribution in [2.45, 2.75) is 82.9 Å². The molecular weight excluding hydrogens is 473 g/mol. The minimum Gasteiger partial charge on any atom is -0.494 e. The number of anilines is 1. The van der Waals surface area contributed by atoms with Crippen LogP contribution in [-0.4, -0.2) is 62.0 Å². The van der Waals surface area contributed by atoms with Gasteiger partial charge in [0, 0.05) is 41.2 Å². The van der Waals surface area contributed by atoms with Gasteiger partial charge in [0.05, 0.1) is 19.3 Å². The van der Waals surface area contributed by atoms with E-state index >= 15 is 4.39 Å². The maximum Gasteiger partial charge on any atom is 0.150 e. The zero-order valence-electron chi connectivity index (χ0n) is 22.2. The average Bonchev–Trinajstić information content (AvgIpc) is 3.37. The van der Waals surface area contributed by atoms with Crippen molar-refractivity contribution in [3.8, 4) is 28.3 Å². The number of halogens is 1. The van der Waals surface area contributed by atoms with Gasteiger partial charge < -0.3 is 20.1 Å². The molecule has 5 rings (SSSR count). The molecule has 3 aromatic heterocycles. The van der Waals surface area contributed by atoms with Crippen LogP contribution in [0.4, 0.5) is 10.2 Å². The Labute approximate surface area is 217 Å². The highest BCUT2D eigenvalue weighted by Crippen LogP contribution is 2.34. The van der Waals surface area contributed by atoms with Gasteiger partial charge in [-0.2, -0.15) is 5.10 Å². The lowest BCUT2D eigenvalue weighted by molar-refractivity contribution is -0.0394. The lowest BCUT2D eigenvalue weighted by Crippen LogP contribution is -2.67. The van der Waals surface area contributed by atoms with Gasteiger partial charge in [0.2, 0.25) is 0 Å². The van der Waals surface area contributed by atoms with E-state index in [1.165, 1.54) is 0 Å². The molecule has 5 heterocycles. The Kier molecular flexibility index (Phi) is 6.89. The summed E-state index contributed by atoms with van der Waals surface area (Å²) >= 11 is 0. The summed E-state index contributed by atoms with van der Waals surface area (Å²) in [6.45, 7) is 8.71. The van der Waals surface area contributed by atoms with Gasteiger partial charge in [-0.25, -0.2) is 14.1 Å². The van der Waals surface area contributed by atoms with Crippen molar-refractivity contribution in [1.29, 1.82) is 0 Å². The molecule has 0 spiro atoms. The van der Waals surface area contributed by atoms with Gasteiger partial charge in [-0.15, -0.1) is 10.2 Å². The van der Waals surface area contributed by atoms with Crippen LogP contribution in [0.15, 0.2) is 36.8 Å². The second-order valence-electron chi connectivity index (χ2n) is 11.2. The zero-order chi connectivity index (χ0) is 26.2. The molecule has 9 nitrogen and oxygen atoms in total. The van der Waals surface area contributed by atoms with Crippen molar-refractivity contribution in [3.63, 3.8) is 0 Å². The highest BCUT2D eigenvalue weighted by atomic mass is 19.1. The van der Waals surface area contributed by atoms with E-state index in [0.717, 1.165) is 37.0 Å². The van der Waals surface area contributed by atoms with E-state index in [1.807, 2.05) is 43.1 Å². The molecule has 198 valence electrons. The first kappa shape index (κ1) is 25.5. The fourth-order valence-corrected chi connectivity index (χ4v) is 5.53. The minimum absolute atomic E-state index is 0.0197. The summed E-state index contributed by atoms with van der Waals surface area (Å²) in [7, 11) is 1.61. The molecule has 1 unspecified atom stereocenters. The highest BCUT2D eigenvalue weighted by molar-refractivity contribution is 5.70. The molecule has 0 amide bonds. The van der Waals surface area contributed by atoms with Crippen LogP contribution < -0.4 is 15.4 Å². The third-order valence-corrected chi connectivity index (χ3v) is 7.13.